The lowest BCUT2D eigenvalue weighted by Crippen LogP contribution is -2.61. The van der Waals surface area contributed by atoms with E-state index in [4.69, 9.17) is 14.2 Å². The minimum absolute atomic E-state index is 0.122. The molecule has 1 rings (SSSR count). The number of allylic oxidation sites excluding steroid dienone is 5. The van der Waals surface area contributed by atoms with Crippen LogP contribution in [0.15, 0.2) is 36.5 Å². The maximum Gasteiger partial charge on any atom is 0.306 e. The third-order valence-corrected chi connectivity index (χ3v) is 18.0. The molecular weight excluding hydrogens is 1090 g/mol. The summed E-state index contributed by atoms with van der Waals surface area (Å²) in [5.74, 6) is -1.18. The Morgan fingerprint density at radius 2 is 0.793 bits per heavy atom. The molecule has 0 aliphatic carbocycles. The second-order valence-electron chi connectivity index (χ2n) is 26.4. The van der Waals surface area contributed by atoms with Gasteiger partial charge in [0.05, 0.1) is 25.4 Å². The molecule has 11 nitrogen and oxygen atoms in total. The second-order valence-corrected chi connectivity index (χ2v) is 26.4. The Labute approximate surface area is 536 Å². The number of ether oxygens (including phenoxy) is 3. The van der Waals surface area contributed by atoms with Gasteiger partial charge in [-0.15, -0.1) is 0 Å². The van der Waals surface area contributed by atoms with Crippen LogP contribution < -0.4 is 5.32 Å². The van der Waals surface area contributed by atoms with Gasteiger partial charge in [-0.1, -0.05) is 346 Å². The van der Waals surface area contributed by atoms with Crippen LogP contribution in [0.25, 0.3) is 0 Å². The summed E-state index contributed by atoms with van der Waals surface area (Å²) in [6, 6.07) is -1.02. The molecule has 1 aliphatic heterocycles. The average molecular weight is 1230 g/mol. The zero-order chi connectivity index (χ0) is 63.1. The lowest BCUT2D eigenvalue weighted by Gasteiger charge is -2.41. The third kappa shape index (κ3) is 51.1. The Balaban J connectivity index is 2.53. The van der Waals surface area contributed by atoms with Gasteiger partial charge in [0.2, 0.25) is 5.91 Å². The van der Waals surface area contributed by atoms with E-state index in [0.717, 1.165) is 70.6 Å². The SMILES string of the molecule is CCCCC/C=C\C/C=C\CCCCCCCCCCCC(=O)OC1C(OCC(NC(=O)C(O)CCCCCCCCCCCCCCCCCCCCCCCCCCCC)C(O)/C=C/CCCCCCCCCCCCC)OC(CO)C(O)C1O. The van der Waals surface area contributed by atoms with Gasteiger partial charge in [-0.05, 0) is 57.8 Å². The summed E-state index contributed by atoms with van der Waals surface area (Å²) in [6.45, 7) is 5.83. The van der Waals surface area contributed by atoms with Gasteiger partial charge in [-0.25, -0.2) is 0 Å². The molecule has 1 fully saturated rings. The Morgan fingerprint density at radius 1 is 0.448 bits per heavy atom. The number of hydrogen-bond donors (Lipinski definition) is 6. The van der Waals surface area contributed by atoms with Gasteiger partial charge in [0, 0.05) is 6.42 Å². The molecule has 0 bridgehead atoms. The molecule has 1 heterocycles. The molecule has 8 atom stereocenters. The molecule has 6 N–H and O–H groups in total. The number of nitrogens with one attached hydrogen (secondary N) is 1. The van der Waals surface area contributed by atoms with E-state index < -0.39 is 67.4 Å². The van der Waals surface area contributed by atoms with Crippen LogP contribution in [-0.2, 0) is 23.8 Å². The standard InChI is InChI=1S/C76H143NO10/c1-4-7-10-13-16-19-22-25-27-29-31-32-33-34-35-36-37-39-40-42-45-48-51-54-57-60-63-69(80)75(84)77-67(68(79)62-59-56-53-50-47-44-24-21-18-15-12-9-6-3)66-85-76-74(73(83)72(82)70(65-78)86-76)87-71(81)64-61-58-55-52-49-46-43-41-38-30-28-26-23-20-17-14-11-8-5-2/h17,20,26,28,59,62,67-70,72-74,76,78-80,82-83H,4-16,18-19,21-25,27,29-58,60-61,63-66H2,1-3H3,(H,77,84)/b20-17-,28-26-,62-59+. The molecule has 0 aromatic rings. The van der Waals surface area contributed by atoms with Crippen molar-refractivity contribution in [2.24, 2.45) is 0 Å². The number of hydrogen-bond acceptors (Lipinski definition) is 10. The first-order chi connectivity index (χ1) is 42.7. The Bertz CT molecular complexity index is 1560. The van der Waals surface area contributed by atoms with E-state index in [1.165, 1.54) is 257 Å². The highest BCUT2D eigenvalue weighted by Crippen LogP contribution is 2.27. The summed E-state index contributed by atoms with van der Waals surface area (Å²) in [5.41, 5.74) is 0. The van der Waals surface area contributed by atoms with Crippen molar-refractivity contribution < 1.29 is 49.3 Å². The Kier molecular flexibility index (Phi) is 61.0. The zero-order valence-corrected chi connectivity index (χ0v) is 57.2. The lowest BCUT2D eigenvalue weighted by molar-refractivity contribution is -0.305. The van der Waals surface area contributed by atoms with E-state index in [-0.39, 0.29) is 13.0 Å². The fourth-order valence-corrected chi connectivity index (χ4v) is 12.1. The largest absolute Gasteiger partial charge is 0.454 e. The highest BCUT2D eigenvalue weighted by Gasteiger charge is 2.47. The predicted molar refractivity (Wildman–Crippen MR) is 366 cm³/mol. The molecule has 0 aromatic carbocycles. The minimum atomic E-state index is -1.61. The quantitative estimate of drug-likeness (QED) is 0.0195. The number of rotatable bonds is 66. The van der Waals surface area contributed by atoms with Crippen molar-refractivity contribution in [3.05, 3.63) is 36.5 Å². The number of aliphatic hydroxyl groups excluding tert-OH is 5. The molecule has 1 amide bonds. The van der Waals surface area contributed by atoms with Crippen LogP contribution in [0.5, 0.6) is 0 Å². The summed E-state index contributed by atoms with van der Waals surface area (Å²) < 4.78 is 17.7. The van der Waals surface area contributed by atoms with Crippen molar-refractivity contribution in [3.8, 4) is 0 Å². The van der Waals surface area contributed by atoms with Gasteiger partial charge in [-0.3, -0.25) is 9.59 Å². The minimum Gasteiger partial charge on any atom is -0.454 e. The molecule has 0 aromatic heterocycles. The number of carbonyl (C=O) groups is 2. The van der Waals surface area contributed by atoms with E-state index in [1.807, 2.05) is 6.08 Å². The van der Waals surface area contributed by atoms with Crippen LogP contribution in [0, 0.1) is 0 Å². The highest BCUT2D eigenvalue weighted by atomic mass is 16.7. The van der Waals surface area contributed by atoms with Crippen LogP contribution >= 0.6 is 0 Å². The first-order valence-electron chi connectivity index (χ1n) is 37.8. The molecule has 512 valence electrons. The maximum absolute atomic E-state index is 13.5. The Morgan fingerprint density at radius 3 is 1.20 bits per heavy atom. The van der Waals surface area contributed by atoms with Gasteiger partial charge in [-0.2, -0.15) is 0 Å². The van der Waals surface area contributed by atoms with Gasteiger partial charge >= 0.3 is 5.97 Å². The number of aliphatic hydroxyl groups is 5. The van der Waals surface area contributed by atoms with Gasteiger partial charge in [0.15, 0.2) is 12.4 Å². The van der Waals surface area contributed by atoms with Crippen molar-refractivity contribution >= 4 is 11.9 Å². The molecule has 1 aliphatic rings. The van der Waals surface area contributed by atoms with E-state index in [9.17, 15) is 35.1 Å². The number of amides is 1. The molecule has 1 saturated heterocycles. The van der Waals surface area contributed by atoms with Crippen LogP contribution in [0.2, 0.25) is 0 Å². The molecule has 0 saturated carbocycles. The normalized spacial score (nSPS) is 18.4. The fourth-order valence-electron chi connectivity index (χ4n) is 12.1. The second kappa shape index (κ2) is 64.0. The Hall–Kier alpha value is -2.12. The predicted octanol–water partition coefficient (Wildman–Crippen LogP) is 19.7. The molecular formula is C76H143NO10. The number of esters is 1. The van der Waals surface area contributed by atoms with Gasteiger partial charge in [0.25, 0.3) is 0 Å². The van der Waals surface area contributed by atoms with Crippen molar-refractivity contribution in [2.45, 2.75) is 423 Å². The molecule has 11 heteroatoms. The zero-order valence-electron chi connectivity index (χ0n) is 57.2. The maximum atomic E-state index is 13.5. The van der Waals surface area contributed by atoms with Crippen molar-refractivity contribution in [3.63, 3.8) is 0 Å². The fraction of sp³-hybridized carbons (Fsp3) is 0.895. The van der Waals surface area contributed by atoms with Gasteiger partial charge in [0.1, 0.15) is 24.4 Å². The van der Waals surface area contributed by atoms with Crippen LogP contribution in [0.3, 0.4) is 0 Å². The average Bonchev–Trinajstić information content (AvgIpc) is 2.51. The van der Waals surface area contributed by atoms with Crippen molar-refractivity contribution in [1.82, 2.24) is 5.32 Å². The highest BCUT2D eigenvalue weighted by molar-refractivity contribution is 5.80. The number of unbranched alkanes of at least 4 members (excludes halogenated alkanes) is 48. The van der Waals surface area contributed by atoms with E-state index >= 15 is 0 Å². The summed E-state index contributed by atoms with van der Waals surface area (Å²) >= 11 is 0. The topological polar surface area (TPSA) is 175 Å². The molecule has 87 heavy (non-hydrogen) atoms. The van der Waals surface area contributed by atoms with E-state index in [2.05, 4.69) is 50.4 Å². The lowest BCUT2D eigenvalue weighted by atomic mass is 9.99. The number of carbonyl (C=O) groups excluding carboxylic acids is 2. The summed E-state index contributed by atoms with van der Waals surface area (Å²) in [5, 5.41) is 57.3. The molecule has 8 unspecified atom stereocenters. The van der Waals surface area contributed by atoms with Crippen molar-refractivity contribution in [2.75, 3.05) is 13.2 Å². The first-order valence-corrected chi connectivity index (χ1v) is 37.8. The summed E-state index contributed by atoms with van der Waals surface area (Å²) in [7, 11) is 0. The smallest absolute Gasteiger partial charge is 0.306 e. The summed E-state index contributed by atoms with van der Waals surface area (Å²) in [6.07, 6.45) is 69.1. The molecule has 0 radical (unpaired) electrons. The molecule has 0 spiro atoms. The van der Waals surface area contributed by atoms with Crippen LogP contribution in [0.4, 0.5) is 0 Å². The summed E-state index contributed by atoms with van der Waals surface area (Å²) in [4.78, 5) is 26.7. The van der Waals surface area contributed by atoms with E-state index in [0.29, 0.717) is 19.3 Å². The first kappa shape index (κ1) is 82.9. The van der Waals surface area contributed by atoms with Gasteiger partial charge < -0.3 is 45.1 Å². The van der Waals surface area contributed by atoms with Crippen molar-refractivity contribution in [1.29, 1.82) is 0 Å². The monoisotopic (exact) mass is 1230 g/mol. The third-order valence-electron chi connectivity index (χ3n) is 18.0. The van der Waals surface area contributed by atoms with Crippen LogP contribution in [0.1, 0.15) is 374 Å². The van der Waals surface area contributed by atoms with E-state index in [1.54, 1.807) is 6.08 Å². The van der Waals surface area contributed by atoms with Crippen LogP contribution in [-0.4, -0.2) is 99.6 Å².